The first-order valence-electron chi connectivity index (χ1n) is 9.23. The van der Waals surface area contributed by atoms with Gasteiger partial charge in [0.05, 0.1) is 15.6 Å². The predicted molar refractivity (Wildman–Crippen MR) is 124 cm³/mol. The third kappa shape index (κ3) is 6.26. The van der Waals surface area contributed by atoms with Gasteiger partial charge in [0.15, 0.2) is 0 Å². The number of rotatable bonds is 9. The Kier molecular flexibility index (Phi) is 7.79. The molecule has 3 aromatic carbocycles. The molecule has 0 saturated heterocycles. The van der Waals surface area contributed by atoms with Gasteiger partial charge in [-0.3, -0.25) is 9.52 Å². The third-order valence-corrected chi connectivity index (χ3v) is 6.90. The molecule has 0 aromatic heterocycles. The Morgan fingerprint density at radius 3 is 2.27 bits per heavy atom. The van der Waals surface area contributed by atoms with Gasteiger partial charge in [-0.2, -0.15) is 11.8 Å². The van der Waals surface area contributed by atoms with Gasteiger partial charge in [0.25, 0.3) is 15.9 Å². The average Bonchev–Trinajstić information content (AvgIpc) is 2.76. The number of nitrogens with one attached hydrogen (secondary N) is 2. The molecule has 0 fully saturated rings. The molecule has 0 aliphatic rings. The number of thioether (sulfide) groups is 1. The summed E-state index contributed by atoms with van der Waals surface area (Å²) < 4.78 is 27.3. The summed E-state index contributed by atoms with van der Waals surface area (Å²) in [5, 5.41) is 3.00. The zero-order valence-corrected chi connectivity index (χ0v) is 18.4. The maximum absolute atomic E-state index is 12.4. The molecule has 156 valence electrons. The van der Waals surface area contributed by atoms with Crippen molar-refractivity contribution < 1.29 is 13.2 Å². The highest BCUT2D eigenvalue weighted by atomic mass is 35.5. The first-order chi connectivity index (χ1) is 14.5. The number of carbonyl (C=O) groups is 1. The molecule has 3 aromatic rings. The van der Waals surface area contributed by atoms with E-state index in [9.17, 15) is 13.2 Å². The quantitative estimate of drug-likeness (QED) is 0.449. The fourth-order valence-corrected chi connectivity index (χ4v) is 4.85. The Morgan fingerprint density at radius 2 is 1.60 bits per heavy atom. The fourth-order valence-electron chi connectivity index (χ4n) is 2.65. The van der Waals surface area contributed by atoms with Crippen LogP contribution < -0.4 is 10.0 Å². The number of halogens is 1. The van der Waals surface area contributed by atoms with Crippen molar-refractivity contribution in [1.82, 2.24) is 5.32 Å². The SMILES string of the molecule is O=C(NCCSCc1ccccc1)c1ccc(NS(=O)(=O)c2ccccc2)c(Cl)c1. The Morgan fingerprint density at radius 1 is 0.933 bits per heavy atom. The lowest BCUT2D eigenvalue weighted by Gasteiger charge is -2.11. The van der Waals surface area contributed by atoms with Crippen LogP contribution in [-0.4, -0.2) is 26.6 Å². The van der Waals surface area contributed by atoms with Gasteiger partial charge < -0.3 is 5.32 Å². The molecule has 0 aliphatic heterocycles. The van der Waals surface area contributed by atoms with E-state index in [1.807, 2.05) is 18.2 Å². The Balaban J connectivity index is 1.52. The van der Waals surface area contributed by atoms with Gasteiger partial charge in [0.2, 0.25) is 0 Å². The Hall–Kier alpha value is -2.48. The molecule has 0 heterocycles. The minimum absolute atomic E-state index is 0.135. The molecule has 0 unspecified atom stereocenters. The smallest absolute Gasteiger partial charge is 0.261 e. The number of anilines is 1. The van der Waals surface area contributed by atoms with Crippen LogP contribution in [0.4, 0.5) is 5.69 Å². The van der Waals surface area contributed by atoms with E-state index >= 15 is 0 Å². The van der Waals surface area contributed by atoms with E-state index in [1.54, 1.807) is 36.0 Å². The molecule has 0 saturated carbocycles. The van der Waals surface area contributed by atoms with Gasteiger partial charge in [-0.05, 0) is 35.9 Å². The fraction of sp³-hybridized carbons (Fsp3) is 0.136. The molecular weight excluding hydrogens is 440 g/mol. The van der Waals surface area contributed by atoms with Crippen molar-refractivity contribution in [2.45, 2.75) is 10.6 Å². The maximum Gasteiger partial charge on any atom is 0.261 e. The van der Waals surface area contributed by atoms with Crippen LogP contribution in [0.2, 0.25) is 5.02 Å². The summed E-state index contributed by atoms with van der Waals surface area (Å²) in [6.07, 6.45) is 0. The largest absolute Gasteiger partial charge is 0.351 e. The van der Waals surface area contributed by atoms with Crippen LogP contribution in [0, 0.1) is 0 Å². The second-order valence-electron chi connectivity index (χ2n) is 6.41. The van der Waals surface area contributed by atoms with E-state index in [-0.39, 0.29) is 21.5 Å². The highest BCUT2D eigenvalue weighted by Crippen LogP contribution is 2.26. The van der Waals surface area contributed by atoms with Crippen LogP contribution in [-0.2, 0) is 15.8 Å². The van der Waals surface area contributed by atoms with Gasteiger partial charge in [-0.25, -0.2) is 8.42 Å². The van der Waals surface area contributed by atoms with Crippen molar-refractivity contribution in [3.8, 4) is 0 Å². The maximum atomic E-state index is 12.4. The lowest BCUT2D eigenvalue weighted by atomic mass is 10.2. The highest BCUT2D eigenvalue weighted by Gasteiger charge is 2.16. The summed E-state index contributed by atoms with van der Waals surface area (Å²) in [5.74, 6) is 1.41. The summed E-state index contributed by atoms with van der Waals surface area (Å²) in [6.45, 7) is 0.524. The normalized spacial score (nSPS) is 11.1. The minimum atomic E-state index is -3.75. The van der Waals surface area contributed by atoms with Crippen molar-refractivity contribution in [1.29, 1.82) is 0 Å². The topological polar surface area (TPSA) is 75.3 Å². The molecule has 0 spiro atoms. The number of amides is 1. The molecule has 0 aliphatic carbocycles. The van der Waals surface area contributed by atoms with Gasteiger partial charge >= 0.3 is 0 Å². The Bertz CT molecular complexity index is 1090. The number of benzene rings is 3. The lowest BCUT2D eigenvalue weighted by molar-refractivity contribution is 0.0956. The number of carbonyl (C=O) groups excluding carboxylic acids is 1. The zero-order valence-electron chi connectivity index (χ0n) is 16.0. The van der Waals surface area contributed by atoms with Crippen LogP contribution in [0.5, 0.6) is 0 Å². The number of hydrogen-bond acceptors (Lipinski definition) is 4. The molecule has 0 radical (unpaired) electrons. The van der Waals surface area contributed by atoms with E-state index in [0.29, 0.717) is 12.1 Å². The van der Waals surface area contributed by atoms with E-state index in [0.717, 1.165) is 11.5 Å². The van der Waals surface area contributed by atoms with E-state index < -0.39 is 10.0 Å². The van der Waals surface area contributed by atoms with E-state index in [2.05, 4.69) is 22.2 Å². The molecule has 8 heteroatoms. The van der Waals surface area contributed by atoms with Crippen LogP contribution in [0.25, 0.3) is 0 Å². The molecule has 0 bridgehead atoms. The van der Waals surface area contributed by atoms with Crippen LogP contribution >= 0.6 is 23.4 Å². The number of sulfonamides is 1. The second kappa shape index (κ2) is 10.5. The van der Waals surface area contributed by atoms with Gasteiger partial charge in [-0.1, -0.05) is 60.1 Å². The molecule has 5 nitrogen and oxygen atoms in total. The summed E-state index contributed by atoms with van der Waals surface area (Å²) in [4.78, 5) is 12.5. The van der Waals surface area contributed by atoms with Crippen molar-refractivity contribution in [2.24, 2.45) is 0 Å². The predicted octanol–water partition coefficient (Wildman–Crippen LogP) is 4.80. The summed E-state index contributed by atoms with van der Waals surface area (Å²) in [7, 11) is -3.75. The summed E-state index contributed by atoms with van der Waals surface area (Å²) in [5.41, 5.74) is 1.83. The standard InChI is InChI=1S/C22H21ClN2O3S2/c23-20-15-18(22(26)24-13-14-29-16-17-7-3-1-4-8-17)11-12-21(20)25-30(27,28)19-9-5-2-6-10-19/h1-12,15,25H,13-14,16H2,(H,24,26). The molecule has 2 N–H and O–H groups in total. The van der Waals surface area contributed by atoms with Gasteiger partial charge in [0, 0.05) is 23.6 Å². The van der Waals surface area contributed by atoms with E-state index in [4.69, 9.17) is 11.6 Å². The van der Waals surface area contributed by atoms with Crippen molar-refractivity contribution >= 4 is 45.0 Å². The van der Waals surface area contributed by atoms with Crippen LogP contribution in [0.15, 0.2) is 83.8 Å². The lowest BCUT2D eigenvalue weighted by Crippen LogP contribution is -2.25. The highest BCUT2D eigenvalue weighted by molar-refractivity contribution is 7.98. The summed E-state index contributed by atoms with van der Waals surface area (Å²) >= 11 is 7.94. The second-order valence-corrected chi connectivity index (χ2v) is 9.60. The zero-order chi connectivity index (χ0) is 21.4. The number of hydrogen-bond donors (Lipinski definition) is 2. The molecular formula is C22H21ClN2O3S2. The Labute approximate surface area is 185 Å². The van der Waals surface area contributed by atoms with Crippen molar-refractivity contribution in [3.63, 3.8) is 0 Å². The van der Waals surface area contributed by atoms with Gasteiger partial charge in [0.1, 0.15) is 0 Å². The molecule has 0 atom stereocenters. The van der Waals surface area contributed by atoms with Gasteiger partial charge in [-0.15, -0.1) is 0 Å². The molecule has 1 amide bonds. The van der Waals surface area contributed by atoms with Crippen LogP contribution in [0.1, 0.15) is 15.9 Å². The molecule has 3 rings (SSSR count). The first kappa shape index (κ1) is 22.2. The minimum Gasteiger partial charge on any atom is -0.351 e. The van der Waals surface area contributed by atoms with Crippen molar-refractivity contribution in [2.75, 3.05) is 17.0 Å². The third-order valence-electron chi connectivity index (χ3n) is 4.17. The van der Waals surface area contributed by atoms with Crippen LogP contribution in [0.3, 0.4) is 0 Å². The molecule has 30 heavy (non-hydrogen) atoms. The van der Waals surface area contributed by atoms with E-state index in [1.165, 1.54) is 29.8 Å². The first-order valence-corrected chi connectivity index (χ1v) is 12.2. The average molecular weight is 461 g/mol. The monoisotopic (exact) mass is 460 g/mol. The van der Waals surface area contributed by atoms with Crippen molar-refractivity contribution in [3.05, 3.63) is 95.0 Å². The summed E-state index contributed by atoms with van der Waals surface area (Å²) in [6, 6.07) is 22.6.